The molecule has 7 nitrogen and oxygen atoms in total. The molecule has 3 N–H and O–H groups in total. The van der Waals surface area contributed by atoms with Crippen molar-refractivity contribution in [3.8, 4) is 0 Å². The number of nitrogens with two attached hydrogens (primary N) is 1. The molecule has 1 unspecified atom stereocenters. The third-order valence-electron chi connectivity index (χ3n) is 2.45. The second-order valence-electron chi connectivity index (χ2n) is 4.36. The fourth-order valence-corrected chi connectivity index (χ4v) is 2.14. The Bertz CT molecular complexity index is 513. The minimum Gasteiger partial charge on any atom is -0.461 e. The number of carbonyl (C=O) groups excluding carboxylic acids is 3. The molecule has 2 amide bonds. The highest BCUT2D eigenvalue weighted by Gasteiger charge is 2.24. The number of carbonyl (C=O) groups is 3. The zero-order valence-corrected chi connectivity index (χ0v) is 12.3. The fourth-order valence-electron chi connectivity index (χ4n) is 1.45. The number of nitrogens with zero attached hydrogens (tertiary/aromatic N) is 1. The van der Waals surface area contributed by atoms with Gasteiger partial charge in [-0.3, -0.25) is 9.59 Å². The number of rotatable bonds is 6. The molecular formula is C12H17N3O4S. The largest absolute Gasteiger partial charge is 0.461 e. The van der Waals surface area contributed by atoms with Gasteiger partial charge >= 0.3 is 5.97 Å². The van der Waals surface area contributed by atoms with E-state index in [-0.39, 0.29) is 23.2 Å². The van der Waals surface area contributed by atoms with E-state index in [4.69, 9.17) is 10.5 Å². The van der Waals surface area contributed by atoms with Crippen molar-refractivity contribution in [3.05, 3.63) is 16.1 Å². The van der Waals surface area contributed by atoms with Gasteiger partial charge in [0.05, 0.1) is 6.61 Å². The third-order valence-corrected chi connectivity index (χ3v) is 3.27. The Kier molecular flexibility index (Phi) is 5.63. The average molecular weight is 299 g/mol. The number of thiazole rings is 1. The summed E-state index contributed by atoms with van der Waals surface area (Å²) in [7, 11) is 0. The van der Waals surface area contributed by atoms with Crippen molar-refractivity contribution in [2.75, 3.05) is 6.61 Å². The zero-order valence-electron chi connectivity index (χ0n) is 11.5. The Morgan fingerprint density at radius 1 is 1.45 bits per heavy atom. The van der Waals surface area contributed by atoms with E-state index in [0.717, 1.165) is 11.3 Å². The van der Waals surface area contributed by atoms with Crippen LogP contribution in [0.1, 0.15) is 41.1 Å². The van der Waals surface area contributed by atoms with Crippen LogP contribution in [0.3, 0.4) is 0 Å². The molecular weight excluding hydrogens is 282 g/mol. The normalized spacial score (nSPS) is 12.0. The molecule has 0 saturated carbocycles. The van der Waals surface area contributed by atoms with Crippen LogP contribution in [-0.2, 0) is 9.53 Å². The lowest BCUT2D eigenvalue weighted by Crippen LogP contribution is -2.47. The second-order valence-corrected chi connectivity index (χ2v) is 5.21. The highest BCUT2D eigenvalue weighted by molar-refractivity contribution is 7.11. The SMILES string of the molecule is CCOC(=O)c1nc(C(=O)NC(C(N)=O)C(C)C)cs1. The topological polar surface area (TPSA) is 111 Å². The minimum atomic E-state index is -0.782. The molecule has 0 aromatic carbocycles. The number of hydrogen-bond donors (Lipinski definition) is 2. The summed E-state index contributed by atoms with van der Waals surface area (Å²) in [6.07, 6.45) is 0. The quantitative estimate of drug-likeness (QED) is 0.745. The van der Waals surface area contributed by atoms with Crippen LogP contribution in [0.5, 0.6) is 0 Å². The van der Waals surface area contributed by atoms with Crippen molar-refractivity contribution in [3.63, 3.8) is 0 Å². The molecule has 20 heavy (non-hydrogen) atoms. The first-order valence-corrected chi connectivity index (χ1v) is 6.97. The van der Waals surface area contributed by atoms with Crippen molar-refractivity contribution in [2.45, 2.75) is 26.8 Å². The van der Waals surface area contributed by atoms with Crippen molar-refractivity contribution in [2.24, 2.45) is 11.7 Å². The van der Waals surface area contributed by atoms with Gasteiger partial charge in [-0.1, -0.05) is 13.8 Å². The van der Waals surface area contributed by atoms with Crippen molar-refractivity contribution < 1.29 is 19.1 Å². The molecule has 1 aromatic heterocycles. The second kappa shape index (κ2) is 6.99. The van der Waals surface area contributed by atoms with Crippen LogP contribution in [0.4, 0.5) is 0 Å². The van der Waals surface area contributed by atoms with E-state index >= 15 is 0 Å². The number of nitrogens with one attached hydrogen (secondary N) is 1. The standard InChI is InChI=1S/C12H17N3O4S/c1-4-19-12(18)11-14-7(5-20-11)10(17)15-8(6(2)3)9(13)16/h5-6,8H,4H2,1-3H3,(H2,13,16)(H,15,17). The average Bonchev–Trinajstić information content (AvgIpc) is 2.84. The Morgan fingerprint density at radius 2 is 2.10 bits per heavy atom. The number of primary amides is 1. The van der Waals surface area contributed by atoms with Gasteiger partial charge < -0.3 is 15.8 Å². The van der Waals surface area contributed by atoms with Gasteiger partial charge in [-0.2, -0.15) is 0 Å². The van der Waals surface area contributed by atoms with Gasteiger partial charge in [0, 0.05) is 5.38 Å². The predicted molar refractivity (Wildman–Crippen MR) is 73.4 cm³/mol. The van der Waals surface area contributed by atoms with Gasteiger partial charge in [-0.25, -0.2) is 9.78 Å². The molecule has 110 valence electrons. The minimum absolute atomic E-state index is 0.0601. The molecule has 1 heterocycles. The molecule has 0 saturated heterocycles. The zero-order chi connectivity index (χ0) is 15.3. The van der Waals surface area contributed by atoms with E-state index < -0.39 is 23.8 Å². The molecule has 0 radical (unpaired) electrons. The lowest BCUT2D eigenvalue weighted by atomic mass is 10.0. The summed E-state index contributed by atoms with van der Waals surface area (Å²) in [6.45, 7) is 5.44. The van der Waals surface area contributed by atoms with Crippen molar-refractivity contribution in [1.82, 2.24) is 10.3 Å². The first-order valence-electron chi connectivity index (χ1n) is 6.09. The van der Waals surface area contributed by atoms with Crippen LogP contribution in [0, 0.1) is 5.92 Å². The smallest absolute Gasteiger partial charge is 0.367 e. The number of amides is 2. The van der Waals surface area contributed by atoms with Crippen LogP contribution < -0.4 is 11.1 Å². The number of aromatic nitrogens is 1. The van der Waals surface area contributed by atoms with E-state index in [1.807, 2.05) is 0 Å². The monoisotopic (exact) mass is 299 g/mol. The lowest BCUT2D eigenvalue weighted by Gasteiger charge is -2.18. The molecule has 8 heteroatoms. The molecule has 0 spiro atoms. The van der Waals surface area contributed by atoms with Gasteiger partial charge in [-0.05, 0) is 12.8 Å². The van der Waals surface area contributed by atoms with Crippen LogP contribution in [0.15, 0.2) is 5.38 Å². The first kappa shape index (κ1) is 16.1. The number of hydrogen-bond acceptors (Lipinski definition) is 6. The van der Waals surface area contributed by atoms with E-state index in [1.165, 1.54) is 5.38 Å². The summed E-state index contributed by atoms with van der Waals surface area (Å²) < 4.78 is 4.78. The summed E-state index contributed by atoms with van der Waals surface area (Å²) >= 11 is 1.01. The van der Waals surface area contributed by atoms with Crippen LogP contribution in [0.2, 0.25) is 0 Å². The summed E-state index contributed by atoms with van der Waals surface area (Å²) in [6, 6.07) is -0.782. The number of esters is 1. The maximum atomic E-state index is 11.9. The Hall–Kier alpha value is -1.96. The van der Waals surface area contributed by atoms with Crippen LogP contribution in [-0.4, -0.2) is 35.4 Å². The summed E-state index contributed by atoms with van der Waals surface area (Å²) in [5, 5.41) is 4.02. The van der Waals surface area contributed by atoms with Gasteiger partial charge in [0.25, 0.3) is 5.91 Å². The first-order chi connectivity index (χ1) is 9.36. The van der Waals surface area contributed by atoms with Gasteiger partial charge in [0.2, 0.25) is 10.9 Å². The van der Waals surface area contributed by atoms with Gasteiger partial charge in [0.1, 0.15) is 11.7 Å². The highest BCUT2D eigenvalue weighted by Crippen LogP contribution is 2.12. The van der Waals surface area contributed by atoms with E-state index in [1.54, 1.807) is 20.8 Å². The maximum absolute atomic E-state index is 11.9. The van der Waals surface area contributed by atoms with E-state index in [2.05, 4.69) is 10.3 Å². The molecule has 0 fully saturated rings. The van der Waals surface area contributed by atoms with Gasteiger partial charge in [0.15, 0.2) is 0 Å². The lowest BCUT2D eigenvalue weighted by molar-refractivity contribution is -0.120. The summed E-state index contributed by atoms with van der Waals surface area (Å²) in [5.41, 5.74) is 5.27. The van der Waals surface area contributed by atoms with Crippen LogP contribution >= 0.6 is 11.3 Å². The summed E-state index contributed by atoms with van der Waals surface area (Å²) in [5.74, 6) is -1.88. The Balaban J connectivity index is 2.78. The molecule has 0 bridgehead atoms. The molecule has 0 aliphatic carbocycles. The van der Waals surface area contributed by atoms with Crippen molar-refractivity contribution in [1.29, 1.82) is 0 Å². The van der Waals surface area contributed by atoms with Crippen LogP contribution in [0.25, 0.3) is 0 Å². The Labute approximate surface area is 120 Å². The highest BCUT2D eigenvalue weighted by atomic mass is 32.1. The number of ether oxygens (including phenoxy) is 1. The molecule has 1 aromatic rings. The van der Waals surface area contributed by atoms with Crippen molar-refractivity contribution >= 4 is 29.1 Å². The molecule has 1 rings (SSSR count). The molecule has 0 aliphatic rings. The van der Waals surface area contributed by atoms with E-state index in [0.29, 0.717) is 0 Å². The molecule has 1 atom stereocenters. The third kappa shape index (κ3) is 4.02. The summed E-state index contributed by atoms with van der Waals surface area (Å²) in [4.78, 5) is 38.5. The fraction of sp³-hybridized carbons (Fsp3) is 0.500. The maximum Gasteiger partial charge on any atom is 0.367 e. The predicted octanol–water partition coefficient (Wildman–Crippen LogP) is 0.559. The van der Waals surface area contributed by atoms with Gasteiger partial charge in [-0.15, -0.1) is 11.3 Å². The van der Waals surface area contributed by atoms with E-state index in [9.17, 15) is 14.4 Å². The Morgan fingerprint density at radius 3 is 2.60 bits per heavy atom. The molecule has 0 aliphatic heterocycles.